The third-order valence-electron chi connectivity index (χ3n) is 4.08. The van der Waals surface area contributed by atoms with Gasteiger partial charge in [-0.05, 0) is 30.6 Å². The molecule has 0 bridgehead atoms. The van der Waals surface area contributed by atoms with Crippen LogP contribution < -0.4 is 10.6 Å². The number of rotatable bonds is 3. The second-order valence-electron chi connectivity index (χ2n) is 7.21. The third-order valence-corrected chi connectivity index (χ3v) is 4.30. The first-order valence-electron chi connectivity index (χ1n) is 8.23. The number of nitrogens with zero attached hydrogens (tertiary/aromatic N) is 1. The molecule has 1 heterocycles. The molecule has 0 spiro atoms. The Morgan fingerprint density at radius 1 is 1.22 bits per heavy atom. The van der Waals surface area contributed by atoms with Gasteiger partial charge in [-0.2, -0.15) is 0 Å². The Bertz CT molecular complexity index is 531. The Morgan fingerprint density at radius 3 is 2.39 bits per heavy atom. The van der Waals surface area contributed by atoms with Crippen LogP contribution in [-0.4, -0.2) is 35.1 Å². The van der Waals surface area contributed by atoms with Gasteiger partial charge in [0.2, 0.25) is 5.91 Å². The molecule has 126 valence electrons. The minimum atomic E-state index is -0.426. The van der Waals surface area contributed by atoms with E-state index in [2.05, 4.69) is 39.8 Å². The highest BCUT2D eigenvalue weighted by molar-refractivity contribution is 7.80. The largest absolute Gasteiger partial charge is 0.360 e. The maximum atomic E-state index is 11.9. The number of hydrogen-bond donors (Lipinski definition) is 2. The van der Waals surface area contributed by atoms with Gasteiger partial charge in [0.15, 0.2) is 5.11 Å². The second kappa shape index (κ2) is 7.88. The van der Waals surface area contributed by atoms with Crippen LogP contribution in [-0.2, 0) is 11.3 Å². The lowest BCUT2D eigenvalue weighted by atomic mass is 9.96. The highest BCUT2D eigenvalue weighted by Crippen LogP contribution is 2.15. The van der Waals surface area contributed by atoms with Crippen molar-refractivity contribution in [3.8, 4) is 0 Å². The van der Waals surface area contributed by atoms with Crippen molar-refractivity contribution in [2.45, 2.75) is 46.2 Å². The lowest BCUT2D eigenvalue weighted by molar-refractivity contribution is -0.126. The summed E-state index contributed by atoms with van der Waals surface area (Å²) in [5.41, 5.74) is 0.928. The molecule has 0 aromatic heterocycles. The number of nitrogens with one attached hydrogen (secondary N) is 2. The average molecular weight is 334 g/mol. The monoisotopic (exact) mass is 333 g/mol. The van der Waals surface area contributed by atoms with Crippen molar-refractivity contribution in [1.29, 1.82) is 0 Å². The molecular weight excluding hydrogens is 306 g/mol. The maximum Gasteiger partial charge on any atom is 0.231 e. The lowest BCUT2D eigenvalue weighted by Gasteiger charge is -2.33. The van der Waals surface area contributed by atoms with E-state index in [-0.39, 0.29) is 5.91 Å². The zero-order chi connectivity index (χ0) is 16.9. The van der Waals surface area contributed by atoms with E-state index in [1.165, 1.54) is 5.56 Å². The molecule has 0 aliphatic carbocycles. The van der Waals surface area contributed by atoms with Gasteiger partial charge >= 0.3 is 0 Å². The third kappa shape index (κ3) is 5.92. The molecule has 1 fully saturated rings. The van der Waals surface area contributed by atoms with Crippen molar-refractivity contribution in [1.82, 2.24) is 15.5 Å². The van der Waals surface area contributed by atoms with Crippen LogP contribution in [0, 0.1) is 5.41 Å². The van der Waals surface area contributed by atoms with Gasteiger partial charge in [-0.25, -0.2) is 0 Å². The molecule has 1 aliphatic rings. The van der Waals surface area contributed by atoms with Gasteiger partial charge in [0.05, 0.1) is 0 Å². The summed E-state index contributed by atoms with van der Waals surface area (Å²) in [7, 11) is 0. The summed E-state index contributed by atoms with van der Waals surface area (Å²) in [6.45, 7) is 8.73. The topological polar surface area (TPSA) is 44.4 Å². The molecule has 0 atom stereocenters. The molecule has 1 saturated heterocycles. The fourth-order valence-corrected chi connectivity index (χ4v) is 2.85. The van der Waals surface area contributed by atoms with Gasteiger partial charge in [0, 0.05) is 31.1 Å². The lowest BCUT2D eigenvalue weighted by Crippen LogP contribution is -2.50. The van der Waals surface area contributed by atoms with E-state index in [9.17, 15) is 4.79 Å². The normalized spacial score (nSPS) is 16.8. The molecule has 1 aromatic carbocycles. The van der Waals surface area contributed by atoms with E-state index < -0.39 is 5.41 Å². The van der Waals surface area contributed by atoms with E-state index in [1.54, 1.807) is 0 Å². The summed E-state index contributed by atoms with van der Waals surface area (Å²) in [4.78, 5) is 14.4. The highest BCUT2D eigenvalue weighted by Gasteiger charge is 2.24. The van der Waals surface area contributed by atoms with Crippen molar-refractivity contribution < 1.29 is 4.79 Å². The fraction of sp³-hybridized carbons (Fsp3) is 0.556. The van der Waals surface area contributed by atoms with Gasteiger partial charge in [-0.15, -0.1) is 0 Å². The number of likely N-dealkylation sites (tertiary alicyclic amines) is 1. The van der Waals surface area contributed by atoms with Crippen LogP contribution in [0.5, 0.6) is 0 Å². The standard InChI is InChI=1S/C18H27N3OS/c1-18(2,3)16(22)20-17(23)19-15-9-11-21(12-10-15)13-14-7-5-4-6-8-14/h4-8,15H,9-13H2,1-3H3,(H2,19,20,22,23). The van der Waals surface area contributed by atoms with Crippen LogP contribution in [0.1, 0.15) is 39.2 Å². The predicted molar refractivity (Wildman–Crippen MR) is 98.1 cm³/mol. The van der Waals surface area contributed by atoms with Gasteiger partial charge < -0.3 is 10.6 Å². The molecule has 5 heteroatoms. The van der Waals surface area contributed by atoms with Gasteiger partial charge in [0.25, 0.3) is 0 Å². The molecule has 0 saturated carbocycles. The summed E-state index contributed by atoms with van der Waals surface area (Å²) in [6.07, 6.45) is 2.08. The molecule has 2 N–H and O–H groups in total. The van der Waals surface area contributed by atoms with Gasteiger partial charge in [-0.1, -0.05) is 51.1 Å². The molecule has 1 aromatic rings. The van der Waals surface area contributed by atoms with Crippen LogP contribution >= 0.6 is 12.2 Å². The molecule has 0 radical (unpaired) electrons. The number of amides is 1. The Hall–Kier alpha value is -1.46. The average Bonchev–Trinajstić information content (AvgIpc) is 2.49. The summed E-state index contributed by atoms with van der Waals surface area (Å²) in [5.74, 6) is -0.0449. The van der Waals surface area contributed by atoms with E-state index in [4.69, 9.17) is 12.2 Å². The van der Waals surface area contributed by atoms with Crippen LogP contribution in [0.2, 0.25) is 0 Å². The minimum Gasteiger partial charge on any atom is -0.360 e. The molecule has 1 aliphatic heterocycles. The fourth-order valence-electron chi connectivity index (χ4n) is 2.59. The second-order valence-corrected chi connectivity index (χ2v) is 7.62. The summed E-state index contributed by atoms with van der Waals surface area (Å²) in [6, 6.07) is 10.9. The van der Waals surface area contributed by atoms with Gasteiger partial charge in [0.1, 0.15) is 0 Å². The van der Waals surface area contributed by atoms with Crippen LogP contribution in [0.15, 0.2) is 30.3 Å². The number of piperidine rings is 1. The molecule has 2 rings (SSSR count). The SMILES string of the molecule is CC(C)(C)C(=O)NC(=S)NC1CCN(Cc2ccccc2)CC1. The zero-order valence-corrected chi connectivity index (χ0v) is 15.1. The van der Waals surface area contributed by atoms with Gasteiger partial charge in [-0.3, -0.25) is 9.69 Å². The summed E-state index contributed by atoms with van der Waals surface area (Å²) >= 11 is 5.26. The zero-order valence-electron chi connectivity index (χ0n) is 14.3. The summed E-state index contributed by atoms with van der Waals surface area (Å²) < 4.78 is 0. The number of carbonyl (C=O) groups is 1. The van der Waals surface area contributed by atoms with E-state index in [0.29, 0.717) is 11.2 Å². The Labute approximate surface area is 144 Å². The molecule has 1 amide bonds. The first-order chi connectivity index (χ1) is 10.8. The number of benzene rings is 1. The molecule has 0 unspecified atom stereocenters. The molecule has 23 heavy (non-hydrogen) atoms. The molecule has 4 nitrogen and oxygen atoms in total. The predicted octanol–water partition coefficient (Wildman–Crippen LogP) is 2.69. The minimum absolute atomic E-state index is 0.0449. The van der Waals surface area contributed by atoms with E-state index in [1.807, 2.05) is 26.8 Å². The smallest absolute Gasteiger partial charge is 0.231 e. The maximum absolute atomic E-state index is 11.9. The van der Waals surface area contributed by atoms with E-state index in [0.717, 1.165) is 32.5 Å². The van der Waals surface area contributed by atoms with Crippen LogP contribution in [0.25, 0.3) is 0 Å². The molecular formula is C18H27N3OS. The van der Waals surface area contributed by atoms with E-state index >= 15 is 0 Å². The quantitative estimate of drug-likeness (QED) is 0.835. The van der Waals surface area contributed by atoms with Crippen molar-refractivity contribution in [2.24, 2.45) is 5.41 Å². The van der Waals surface area contributed by atoms with Crippen molar-refractivity contribution in [3.05, 3.63) is 35.9 Å². The van der Waals surface area contributed by atoms with Crippen LogP contribution in [0.4, 0.5) is 0 Å². The summed E-state index contributed by atoms with van der Waals surface area (Å²) in [5, 5.41) is 6.52. The first kappa shape index (κ1) is 17.9. The Balaban J connectivity index is 1.72. The number of thiocarbonyl (C=S) groups is 1. The first-order valence-corrected chi connectivity index (χ1v) is 8.63. The van der Waals surface area contributed by atoms with Crippen molar-refractivity contribution in [2.75, 3.05) is 13.1 Å². The van der Waals surface area contributed by atoms with Crippen LogP contribution in [0.3, 0.4) is 0 Å². The van der Waals surface area contributed by atoms with Crippen molar-refractivity contribution >= 4 is 23.2 Å². The van der Waals surface area contributed by atoms with Crippen molar-refractivity contribution in [3.63, 3.8) is 0 Å². The number of hydrogen-bond acceptors (Lipinski definition) is 3. The Kier molecular flexibility index (Phi) is 6.13. The Morgan fingerprint density at radius 2 is 1.83 bits per heavy atom. The number of carbonyl (C=O) groups excluding carboxylic acids is 1. The highest BCUT2D eigenvalue weighted by atomic mass is 32.1.